The zero-order valence-corrected chi connectivity index (χ0v) is 18.1. The SMILES string of the molecule is Cc1ccc(C)c(-c2cccc3cc(C(=O)N[C@H]4C[C@H]5C(=O)NCC(=O)N5C4)ccc23)c1. The van der Waals surface area contributed by atoms with Gasteiger partial charge in [0.2, 0.25) is 11.8 Å². The molecule has 6 nitrogen and oxygen atoms in total. The molecule has 3 aromatic rings. The molecule has 0 aromatic heterocycles. The van der Waals surface area contributed by atoms with Crippen LogP contribution in [0.15, 0.2) is 54.6 Å². The summed E-state index contributed by atoms with van der Waals surface area (Å²) in [5.74, 6) is -0.441. The highest BCUT2D eigenvalue weighted by Gasteiger charge is 2.42. The number of nitrogens with one attached hydrogen (secondary N) is 2. The topological polar surface area (TPSA) is 78.5 Å². The van der Waals surface area contributed by atoms with Gasteiger partial charge >= 0.3 is 0 Å². The number of rotatable bonds is 3. The van der Waals surface area contributed by atoms with Crippen molar-refractivity contribution in [1.29, 1.82) is 0 Å². The summed E-state index contributed by atoms with van der Waals surface area (Å²) in [6.07, 6.45) is 0.438. The Balaban J connectivity index is 1.40. The number of fused-ring (bicyclic) bond motifs is 2. The Labute approximate surface area is 186 Å². The number of nitrogens with zero attached hydrogens (tertiary/aromatic N) is 1. The van der Waals surface area contributed by atoms with Gasteiger partial charge < -0.3 is 15.5 Å². The van der Waals surface area contributed by atoms with Crippen molar-refractivity contribution in [2.75, 3.05) is 13.1 Å². The minimum atomic E-state index is -0.488. The van der Waals surface area contributed by atoms with E-state index in [2.05, 4.69) is 48.7 Å². The van der Waals surface area contributed by atoms with Crippen molar-refractivity contribution in [3.05, 3.63) is 71.3 Å². The number of benzene rings is 3. The van der Waals surface area contributed by atoms with E-state index in [1.807, 2.05) is 30.3 Å². The lowest BCUT2D eigenvalue weighted by Gasteiger charge is -2.28. The Morgan fingerprint density at radius 2 is 1.88 bits per heavy atom. The van der Waals surface area contributed by atoms with Gasteiger partial charge in [-0.05, 0) is 59.9 Å². The molecule has 0 saturated carbocycles. The van der Waals surface area contributed by atoms with E-state index in [0.29, 0.717) is 18.5 Å². The number of aryl methyl sites for hydroxylation is 2. The van der Waals surface area contributed by atoms with Crippen molar-refractivity contribution in [2.24, 2.45) is 0 Å². The number of piperazine rings is 1. The van der Waals surface area contributed by atoms with Gasteiger partial charge in [0.05, 0.1) is 6.54 Å². The van der Waals surface area contributed by atoms with Gasteiger partial charge in [-0.15, -0.1) is 0 Å². The third-order valence-electron chi connectivity index (χ3n) is 6.50. The number of hydrogen-bond acceptors (Lipinski definition) is 3. The highest BCUT2D eigenvalue weighted by atomic mass is 16.2. The van der Waals surface area contributed by atoms with E-state index in [4.69, 9.17) is 0 Å². The van der Waals surface area contributed by atoms with E-state index >= 15 is 0 Å². The third-order valence-corrected chi connectivity index (χ3v) is 6.50. The molecule has 3 aromatic carbocycles. The summed E-state index contributed by atoms with van der Waals surface area (Å²) >= 11 is 0. The first-order valence-corrected chi connectivity index (χ1v) is 10.9. The lowest BCUT2D eigenvalue weighted by Crippen LogP contribution is -2.55. The predicted molar refractivity (Wildman–Crippen MR) is 123 cm³/mol. The molecule has 3 amide bonds. The molecule has 2 heterocycles. The van der Waals surface area contributed by atoms with Crippen molar-refractivity contribution in [3.63, 3.8) is 0 Å². The summed E-state index contributed by atoms with van der Waals surface area (Å²) in [6.45, 7) is 4.59. The highest BCUT2D eigenvalue weighted by Crippen LogP contribution is 2.32. The van der Waals surface area contributed by atoms with Crippen LogP contribution >= 0.6 is 0 Å². The Hall–Kier alpha value is -3.67. The number of amides is 3. The van der Waals surface area contributed by atoms with Gasteiger partial charge in [0.15, 0.2) is 0 Å². The van der Waals surface area contributed by atoms with Gasteiger partial charge in [-0.2, -0.15) is 0 Å². The van der Waals surface area contributed by atoms with Crippen LogP contribution in [0.1, 0.15) is 27.9 Å². The van der Waals surface area contributed by atoms with Crippen molar-refractivity contribution in [2.45, 2.75) is 32.4 Å². The fraction of sp³-hybridized carbons (Fsp3) is 0.269. The van der Waals surface area contributed by atoms with Gasteiger partial charge in [-0.25, -0.2) is 0 Å². The van der Waals surface area contributed by atoms with Crippen molar-refractivity contribution in [1.82, 2.24) is 15.5 Å². The molecular weight excluding hydrogens is 402 g/mol. The second-order valence-electron chi connectivity index (χ2n) is 8.75. The lowest BCUT2D eigenvalue weighted by atomic mass is 9.93. The molecule has 2 aliphatic rings. The van der Waals surface area contributed by atoms with E-state index < -0.39 is 6.04 Å². The lowest BCUT2D eigenvalue weighted by molar-refractivity contribution is -0.143. The summed E-state index contributed by atoms with van der Waals surface area (Å²) in [6, 6.07) is 17.6. The molecule has 0 radical (unpaired) electrons. The second-order valence-corrected chi connectivity index (χ2v) is 8.75. The van der Waals surface area contributed by atoms with E-state index in [1.54, 1.807) is 4.90 Å². The molecule has 0 spiro atoms. The summed E-state index contributed by atoms with van der Waals surface area (Å²) in [5, 5.41) is 7.71. The van der Waals surface area contributed by atoms with Gasteiger partial charge in [0.1, 0.15) is 6.04 Å². The molecule has 2 aliphatic heterocycles. The average Bonchev–Trinajstić information content (AvgIpc) is 3.22. The van der Waals surface area contributed by atoms with E-state index in [9.17, 15) is 14.4 Å². The summed E-state index contributed by atoms with van der Waals surface area (Å²) in [4.78, 5) is 38.6. The standard InChI is InChI=1S/C26H25N3O3/c1-15-6-7-16(2)22(10-15)21-5-3-4-17-11-18(8-9-20(17)21)25(31)28-19-12-23-26(32)27-13-24(30)29(23)14-19/h3-11,19,23H,12-14H2,1-2H3,(H,27,32)(H,28,31)/t19-,23-/m0/s1. The van der Waals surface area contributed by atoms with Crippen molar-refractivity contribution >= 4 is 28.5 Å². The molecule has 5 rings (SSSR count). The Morgan fingerprint density at radius 3 is 2.69 bits per heavy atom. The van der Waals surface area contributed by atoms with Crippen LogP contribution in [0.25, 0.3) is 21.9 Å². The fourth-order valence-corrected chi connectivity index (χ4v) is 4.80. The maximum atomic E-state index is 13.0. The smallest absolute Gasteiger partial charge is 0.251 e. The van der Waals surface area contributed by atoms with E-state index in [1.165, 1.54) is 16.7 Å². The van der Waals surface area contributed by atoms with Crippen LogP contribution in [-0.4, -0.2) is 47.8 Å². The third kappa shape index (κ3) is 3.51. The predicted octanol–water partition coefficient (Wildman–Crippen LogP) is 2.95. The Morgan fingerprint density at radius 1 is 1.03 bits per heavy atom. The quantitative estimate of drug-likeness (QED) is 0.675. The largest absolute Gasteiger partial charge is 0.347 e. The van der Waals surface area contributed by atoms with Crippen LogP contribution in [0.4, 0.5) is 0 Å². The van der Waals surface area contributed by atoms with Gasteiger partial charge in [-0.1, -0.05) is 48.0 Å². The monoisotopic (exact) mass is 427 g/mol. The van der Waals surface area contributed by atoms with Crippen LogP contribution < -0.4 is 10.6 Å². The summed E-state index contributed by atoms with van der Waals surface area (Å²) in [5.41, 5.74) is 5.32. The number of carbonyl (C=O) groups excluding carboxylic acids is 3. The van der Waals surface area contributed by atoms with Crippen LogP contribution in [0.3, 0.4) is 0 Å². The maximum absolute atomic E-state index is 13.0. The Bertz CT molecular complexity index is 1240. The van der Waals surface area contributed by atoms with E-state index in [-0.39, 0.29) is 30.3 Å². The summed E-state index contributed by atoms with van der Waals surface area (Å²) < 4.78 is 0. The van der Waals surface area contributed by atoms with Gasteiger partial charge in [0, 0.05) is 18.2 Å². The molecular formula is C26H25N3O3. The molecule has 32 heavy (non-hydrogen) atoms. The van der Waals surface area contributed by atoms with Gasteiger partial charge in [-0.3, -0.25) is 14.4 Å². The minimum absolute atomic E-state index is 0.0312. The van der Waals surface area contributed by atoms with Crippen LogP contribution in [-0.2, 0) is 9.59 Å². The molecule has 0 unspecified atom stereocenters. The minimum Gasteiger partial charge on any atom is -0.347 e. The first kappa shape index (κ1) is 20.2. The Kier molecular flexibility index (Phi) is 4.93. The molecule has 2 N–H and O–H groups in total. The fourth-order valence-electron chi connectivity index (χ4n) is 4.80. The van der Waals surface area contributed by atoms with Crippen LogP contribution in [0, 0.1) is 13.8 Å². The molecule has 0 aliphatic carbocycles. The molecule has 2 saturated heterocycles. The first-order valence-electron chi connectivity index (χ1n) is 10.9. The van der Waals surface area contributed by atoms with E-state index in [0.717, 1.165) is 16.3 Å². The van der Waals surface area contributed by atoms with Gasteiger partial charge in [0.25, 0.3) is 5.91 Å². The highest BCUT2D eigenvalue weighted by molar-refractivity contribution is 6.03. The van der Waals surface area contributed by atoms with Crippen molar-refractivity contribution in [3.8, 4) is 11.1 Å². The average molecular weight is 428 g/mol. The molecule has 162 valence electrons. The zero-order chi connectivity index (χ0) is 22.4. The number of carbonyl (C=O) groups is 3. The van der Waals surface area contributed by atoms with Crippen LogP contribution in [0.5, 0.6) is 0 Å². The molecule has 2 fully saturated rings. The first-order chi connectivity index (χ1) is 15.4. The normalized spacial score (nSPS) is 20.2. The van der Waals surface area contributed by atoms with Crippen LogP contribution in [0.2, 0.25) is 0 Å². The maximum Gasteiger partial charge on any atom is 0.251 e. The number of hydrogen-bond donors (Lipinski definition) is 2. The second kappa shape index (κ2) is 7.79. The molecule has 0 bridgehead atoms. The zero-order valence-electron chi connectivity index (χ0n) is 18.1. The summed E-state index contributed by atoms with van der Waals surface area (Å²) in [7, 11) is 0. The van der Waals surface area contributed by atoms with Crippen molar-refractivity contribution < 1.29 is 14.4 Å². The molecule has 6 heteroatoms. The molecule has 2 atom stereocenters.